The molecule has 4 heteroatoms. The number of ether oxygens (including phenoxy) is 2. The molecule has 0 aromatic carbocycles. The lowest BCUT2D eigenvalue weighted by molar-refractivity contribution is -0.142. The van der Waals surface area contributed by atoms with Crippen molar-refractivity contribution in [3.05, 3.63) is 0 Å². The lowest BCUT2D eigenvalue weighted by atomic mass is 10.1. The van der Waals surface area contributed by atoms with Crippen LogP contribution in [0.3, 0.4) is 0 Å². The number of esters is 1. The standard InChI is InChI=1S/C9H15NO3/c1-6(4-13-8(3)11)9-5-12-7(2)10-9/h6,9H,4-5H2,1-3H3/t6-,9?/m0/s1. The highest BCUT2D eigenvalue weighted by atomic mass is 16.5. The molecule has 0 aliphatic carbocycles. The van der Waals surface area contributed by atoms with Gasteiger partial charge in [-0.1, -0.05) is 6.92 Å². The second kappa shape index (κ2) is 4.25. The van der Waals surface area contributed by atoms with Gasteiger partial charge >= 0.3 is 5.97 Å². The van der Waals surface area contributed by atoms with Crippen molar-refractivity contribution < 1.29 is 14.3 Å². The fourth-order valence-electron chi connectivity index (χ4n) is 1.17. The molecule has 1 aliphatic rings. The molecule has 0 aromatic heterocycles. The van der Waals surface area contributed by atoms with Crippen molar-refractivity contribution in [3.8, 4) is 0 Å². The highest BCUT2D eigenvalue weighted by molar-refractivity contribution is 5.74. The van der Waals surface area contributed by atoms with E-state index in [2.05, 4.69) is 4.99 Å². The van der Waals surface area contributed by atoms with Crippen molar-refractivity contribution in [1.82, 2.24) is 0 Å². The summed E-state index contributed by atoms with van der Waals surface area (Å²) in [6.45, 7) is 6.26. The molecule has 0 aromatic rings. The Kier molecular flexibility index (Phi) is 3.28. The molecule has 4 nitrogen and oxygen atoms in total. The second-order valence-corrected chi connectivity index (χ2v) is 3.31. The Hall–Kier alpha value is -1.06. The van der Waals surface area contributed by atoms with E-state index in [1.807, 2.05) is 13.8 Å². The maximum Gasteiger partial charge on any atom is 0.302 e. The second-order valence-electron chi connectivity index (χ2n) is 3.31. The first-order valence-electron chi connectivity index (χ1n) is 4.40. The summed E-state index contributed by atoms with van der Waals surface area (Å²) in [5.41, 5.74) is 0. The Balaban J connectivity index is 2.31. The van der Waals surface area contributed by atoms with E-state index < -0.39 is 0 Å². The van der Waals surface area contributed by atoms with Crippen molar-refractivity contribution in [3.63, 3.8) is 0 Å². The van der Waals surface area contributed by atoms with E-state index in [1.54, 1.807) is 0 Å². The maximum atomic E-state index is 10.5. The molecule has 0 amide bonds. The molecular formula is C9H15NO3. The number of rotatable bonds is 3. The summed E-state index contributed by atoms with van der Waals surface area (Å²) >= 11 is 0. The predicted molar refractivity (Wildman–Crippen MR) is 48.6 cm³/mol. The third kappa shape index (κ3) is 3.05. The molecule has 13 heavy (non-hydrogen) atoms. The van der Waals surface area contributed by atoms with E-state index in [-0.39, 0.29) is 17.9 Å². The molecule has 1 aliphatic heterocycles. The Morgan fingerprint density at radius 2 is 2.54 bits per heavy atom. The van der Waals surface area contributed by atoms with Crippen LogP contribution in [0.25, 0.3) is 0 Å². The molecule has 2 atom stereocenters. The van der Waals surface area contributed by atoms with Gasteiger partial charge < -0.3 is 9.47 Å². The van der Waals surface area contributed by atoms with Crippen LogP contribution in [0.1, 0.15) is 20.8 Å². The van der Waals surface area contributed by atoms with Crippen LogP contribution in [0, 0.1) is 5.92 Å². The summed E-state index contributed by atoms with van der Waals surface area (Å²) < 4.78 is 10.1. The molecule has 1 heterocycles. The quantitative estimate of drug-likeness (QED) is 0.616. The molecule has 74 valence electrons. The molecule has 0 radical (unpaired) electrons. The van der Waals surface area contributed by atoms with E-state index in [9.17, 15) is 4.79 Å². The zero-order valence-electron chi connectivity index (χ0n) is 8.24. The lowest BCUT2D eigenvalue weighted by Crippen LogP contribution is -2.23. The third-order valence-electron chi connectivity index (χ3n) is 2.02. The summed E-state index contributed by atoms with van der Waals surface area (Å²) in [4.78, 5) is 14.8. The Labute approximate surface area is 77.9 Å². The first kappa shape index (κ1) is 10.0. The molecule has 0 spiro atoms. The zero-order valence-corrected chi connectivity index (χ0v) is 8.24. The van der Waals surface area contributed by atoms with Gasteiger partial charge in [-0.25, -0.2) is 4.99 Å². The van der Waals surface area contributed by atoms with E-state index in [0.29, 0.717) is 13.2 Å². The molecule has 0 saturated carbocycles. The van der Waals surface area contributed by atoms with Crippen molar-refractivity contribution >= 4 is 11.9 Å². The van der Waals surface area contributed by atoms with Gasteiger partial charge in [0, 0.05) is 19.8 Å². The molecule has 1 rings (SSSR count). The van der Waals surface area contributed by atoms with Gasteiger partial charge in [0.15, 0.2) is 5.90 Å². The molecular weight excluding hydrogens is 170 g/mol. The first-order chi connectivity index (χ1) is 6.09. The SMILES string of the molecule is CC(=O)OC[C@H](C)C1COC(C)=N1. The zero-order chi connectivity index (χ0) is 9.84. The van der Waals surface area contributed by atoms with Gasteiger partial charge in [0.05, 0.1) is 12.6 Å². The summed E-state index contributed by atoms with van der Waals surface area (Å²) in [6.07, 6.45) is 0. The van der Waals surface area contributed by atoms with Crippen LogP contribution >= 0.6 is 0 Å². The van der Waals surface area contributed by atoms with Crippen molar-refractivity contribution in [2.45, 2.75) is 26.8 Å². The summed E-state index contributed by atoms with van der Waals surface area (Å²) in [7, 11) is 0. The minimum Gasteiger partial charge on any atom is -0.479 e. The Morgan fingerprint density at radius 1 is 1.85 bits per heavy atom. The lowest BCUT2D eigenvalue weighted by Gasteiger charge is -2.14. The minimum absolute atomic E-state index is 0.138. The molecule has 0 saturated heterocycles. The number of carbonyl (C=O) groups excluding carboxylic acids is 1. The highest BCUT2D eigenvalue weighted by Gasteiger charge is 2.23. The summed E-state index contributed by atoms with van der Waals surface area (Å²) in [6, 6.07) is 0.138. The number of nitrogens with zero attached hydrogens (tertiary/aromatic N) is 1. The van der Waals surface area contributed by atoms with Gasteiger partial charge in [-0.2, -0.15) is 0 Å². The monoisotopic (exact) mass is 185 g/mol. The van der Waals surface area contributed by atoms with Crippen LogP contribution in [0.15, 0.2) is 4.99 Å². The van der Waals surface area contributed by atoms with Crippen LogP contribution in [0.2, 0.25) is 0 Å². The van der Waals surface area contributed by atoms with Crippen LogP contribution < -0.4 is 0 Å². The van der Waals surface area contributed by atoms with Gasteiger partial charge in [-0.15, -0.1) is 0 Å². The number of hydrogen-bond acceptors (Lipinski definition) is 4. The third-order valence-corrected chi connectivity index (χ3v) is 2.02. The van der Waals surface area contributed by atoms with Crippen LogP contribution in [-0.2, 0) is 14.3 Å². The van der Waals surface area contributed by atoms with Crippen LogP contribution in [-0.4, -0.2) is 31.1 Å². The largest absolute Gasteiger partial charge is 0.479 e. The van der Waals surface area contributed by atoms with Crippen molar-refractivity contribution in [1.29, 1.82) is 0 Å². The van der Waals surface area contributed by atoms with E-state index in [4.69, 9.17) is 9.47 Å². The number of hydrogen-bond donors (Lipinski definition) is 0. The molecule has 0 fully saturated rings. The fraction of sp³-hybridized carbons (Fsp3) is 0.778. The van der Waals surface area contributed by atoms with Gasteiger partial charge in [0.2, 0.25) is 0 Å². The van der Waals surface area contributed by atoms with E-state index in [1.165, 1.54) is 6.92 Å². The van der Waals surface area contributed by atoms with Gasteiger partial charge in [-0.05, 0) is 0 Å². The van der Waals surface area contributed by atoms with E-state index >= 15 is 0 Å². The maximum absolute atomic E-state index is 10.5. The topological polar surface area (TPSA) is 47.9 Å². The highest BCUT2D eigenvalue weighted by Crippen LogP contribution is 2.14. The van der Waals surface area contributed by atoms with Gasteiger partial charge in [0.25, 0.3) is 0 Å². The molecule has 1 unspecified atom stereocenters. The average molecular weight is 185 g/mol. The molecule has 0 N–H and O–H groups in total. The average Bonchev–Trinajstić information content (AvgIpc) is 2.47. The predicted octanol–water partition coefficient (Wildman–Crippen LogP) is 1.00. The van der Waals surface area contributed by atoms with Crippen molar-refractivity contribution in [2.24, 2.45) is 10.9 Å². The number of aliphatic imine (C=N–C) groups is 1. The van der Waals surface area contributed by atoms with Crippen molar-refractivity contribution in [2.75, 3.05) is 13.2 Å². The number of carbonyl (C=O) groups is 1. The Bertz CT molecular complexity index is 225. The smallest absolute Gasteiger partial charge is 0.302 e. The fourth-order valence-corrected chi connectivity index (χ4v) is 1.17. The van der Waals surface area contributed by atoms with Crippen LogP contribution in [0.4, 0.5) is 0 Å². The van der Waals surface area contributed by atoms with Gasteiger partial charge in [-0.3, -0.25) is 4.79 Å². The summed E-state index contributed by atoms with van der Waals surface area (Å²) in [5, 5.41) is 0. The molecule has 0 bridgehead atoms. The van der Waals surface area contributed by atoms with Gasteiger partial charge in [0.1, 0.15) is 6.61 Å². The minimum atomic E-state index is -0.244. The van der Waals surface area contributed by atoms with E-state index in [0.717, 1.165) is 5.90 Å². The normalized spacial score (nSPS) is 23.3. The van der Waals surface area contributed by atoms with Crippen LogP contribution in [0.5, 0.6) is 0 Å². The summed E-state index contributed by atoms with van der Waals surface area (Å²) in [5.74, 6) is 0.701. The first-order valence-corrected chi connectivity index (χ1v) is 4.40. The Morgan fingerprint density at radius 3 is 3.00 bits per heavy atom.